The molecular formula is C29H33N3O4. The van der Waals surface area contributed by atoms with Gasteiger partial charge in [-0.15, -0.1) is 0 Å². The van der Waals surface area contributed by atoms with E-state index in [0.717, 1.165) is 22.4 Å². The lowest BCUT2D eigenvalue weighted by atomic mass is 10.1. The van der Waals surface area contributed by atoms with Crippen LogP contribution in [0.2, 0.25) is 0 Å². The standard InChI is InChI=1S/C29H33N3O4/c1-31-29(36-25-16-10-15-24(19-25)35-3)26(28(30-31)23-13-8-5-9-14-23)20-32(17-18-34-2)21-27(33)22-11-6-4-7-12-22/h4-16,19,27,33H,17-18,20-21H2,1-3H3/t27-/m1/s1. The van der Waals surface area contributed by atoms with Crippen LogP contribution < -0.4 is 9.47 Å². The first-order valence-electron chi connectivity index (χ1n) is 12.0. The van der Waals surface area contributed by atoms with Crippen LogP contribution >= 0.6 is 0 Å². The summed E-state index contributed by atoms with van der Waals surface area (Å²) < 4.78 is 18.9. The Kier molecular flexibility index (Phi) is 8.73. The highest BCUT2D eigenvalue weighted by atomic mass is 16.5. The molecule has 1 aromatic heterocycles. The molecule has 7 nitrogen and oxygen atoms in total. The molecule has 0 amide bonds. The SMILES string of the molecule is COCCN(Cc1c(-c2ccccc2)nn(C)c1Oc1cccc(OC)c1)C[C@@H](O)c1ccccc1. The fourth-order valence-electron chi connectivity index (χ4n) is 4.13. The third-order valence-electron chi connectivity index (χ3n) is 6.00. The van der Waals surface area contributed by atoms with Crippen molar-refractivity contribution in [3.63, 3.8) is 0 Å². The minimum Gasteiger partial charge on any atom is -0.497 e. The van der Waals surface area contributed by atoms with Crippen molar-refractivity contribution in [1.29, 1.82) is 0 Å². The highest BCUT2D eigenvalue weighted by Gasteiger charge is 2.24. The van der Waals surface area contributed by atoms with Crippen molar-refractivity contribution >= 4 is 0 Å². The van der Waals surface area contributed by atoms with Gasteiger partial charge in [-0.1, -0.05) is 66.7 Å². The number of rotatable bonds is 12. The number of benzene rings is 3. The van der Waals surface area contributed by atoms with Crippen LogP contribution in [0, 0.1) is 0 Å². The maximum Gasteiger partial charge on any atom is 0.222 e. The van der Waals surface area contributed by atoms with Gasteiger partial charge < -0.3 is 19.3 Å². The molecule has 188 valence electrons. The lowest BCUT2D eigenvalue weighted by Crippen LogP contribution is -2.31. The Morgan fingerprint density at radius 2 is 1.61 bits per heavy atom. The van der Waals surface area contributed by atoms with E-state index in [0.29, 0.717) is 43.6 Å². The van der Waals surface area contributed by atoms with Crippen LogP contribution in [0.15, 0.2) is 84.9 Å². The second-order valence-corrected chi connectivity index (χ2v) is 8.56. The number of nitrogens with zero attached hydrogens (tertiary/aromatic N) is 3. The van der Waals surface area contributed by atoms with Gasteiger partial charge in [-0.05, 0) is 17.7 Å². The van der Waals surface area contributed by atoms with E-state index in [2.05, 4.69) is 4.90 Å². The Bertz CT molecular complexity index is 1230. The van der Waals surface area contributed by atoms with Crippen LogP contribution in [0.5, 0.6) is 17.4 Å². The summed E-state index contributed by atoms with van der Waals surface area (Å²) in [6, 6.07) is 27.3. The van der Waals surface area contributed by atoms with Gasteiger partial charge in [-0.2, -0.15) is 5.10 Å². The lowest BCUT2D eigenvalue weighted by Gasteiger charge is -2.25. The summed E-state index contributed by atoms with van der Waals surface area (Å²) in [6.07, 6.45) is -0.636. The summed E-state index contributed by atoms with van der Waals surface area (Å²) in [6.45, 7) is 2.14. The first kappa shape index (κ1) is 25.4. The smallest absolute Gasteiger partial charge is 0.222 e. The van der Waals surface area contributed by atoms with E-state index in [-0.39, 0.29) is 0 Å². The predicted molar refractivity (Wildman–Crippen MR) is 140 cm³/mol. The Morgan fingerprint density at radius 3 is 2.31 bits per heavy atom. The Balaban J connectivity index is 1.70. The highest BCUT2D eigenvalue weighted by molar-refractivity contribution is 5.65. The van der Waals surface area contributed by atoms with Gasteiger partial charge in [0.15, 0.2) is 0 Å². The van der Waals surface area contributed by atoms with Crippen molar-refractivity contribution in [2.45, 2.75) is 12.6 Å². The third-order valence-corrected chi connectivity index (χ3v) is 6.00. The fourth-order valence-corrected chi connectivity index (χ4v) is 4.13. The molecule has 1 N–H and O–H groups in total. The predicted octanol–water partition coefficient (Wildman–Crippen LogP) is 5.07. The van der Waals surface area contributed by atoms with Crippen LogP contribution in [0.4, 0.5) is 0 Å². The van der Waals surface area contributed by atoms with Crippen molar-refractivity contribution in [3.05, 3.63) is 96.1 Å². The third kappa shape index (κ3) is 6.31. The van der Waals surface area contributed by atoms with E-state index >= 15 is 0 Å². The van der Waals surface area contributed by atoms with Crippen LogP contribution in [0.25, 0.3) is 11.3 Å². The van der Waals surface area contributed by atoms with Gasteiger partial charge in [0.1, 0.15) is 17.2 Å². The van der Waals surface area contributed by atoms with Crippen LogP contribution in [-0.2, 0) is 18.3 Å². The first-order valence-corrected chi connectivity index (χ1v) is 12.0. The van der Waals surface area contributed by atoms with Gasteiger partial charge in [0, 0.05) is 45.4 Å². The van der Waals surface area contributed by atoms with Gasteiger partial charge in [0.2, 0.25) is 5.88 Å². The highest BCUT2D eigenvalue weighted by Crippen LogP contribution is 2.35. The molecule has 4 rings (SSSR count). The van der Waals surface area contributed by atoms with Gasteiger partial charge in [0.25, 0.3) is 0 Å². The molecule has 7 heteroatoms. The zero-order chi connectivity index (χ0) is 25.3. The van der Waals surface area contributed by atoms with Crippen molar-refractivity contribution in [3.8, 4) is 28.6 Å². The largest absolute Gasteiger partial charge is 0.497 e. The van der Waals surface area contributed by atoms with Gasteiger partial charge >= 0.3 is 0 Å². The van der Waals surface area contributed by atoms with E-state index < -0.39 is 6.10 Å². The van der Waals surface area contributed by atoms with Gasteiger partial charge in [-0.25, -0.2) is 4.68 Å². The summed E-state index contributed by atoms with van der Waals surface area (Å²) in [5.41, 5.74) is 3.65. The molecule has 0 saturated carbocycles. The van der Waals surface area contributed by atoms with Crippen LogP contribution in [0.3, 0.4) is 0 Å². The van der Waals surface area contributed by atoms with Crippen molar-refractivity contribution in [2.24, 2.45) is 7.05 Å². The monoisotopic (exact) mass is 487 g/mol. The average Bonchev–Trinajstić information content (AvgIpc) is 3.22. The molecule has 0 unspecified atom stereocenters. The number of ether oxygens (including phenoxy) is 3. The van der Waals surface area contributed by atoms with E-state index in [1.807, 2.05) is 92.0 Å². The summed E-state index contributed by atoms with van der Waals surface area (Å²) in [4.78, 5) is 2.17. The molecular weight excluding hydrogens is 454 g/mol. The summed E-state index contributed by atoms with van der Waals surface area (Å²) in [5, 5.41) is 15.8. The normalized spacial score (nSPS) is 12.0. The van der Waals surface area contributed by atoms with E-state index in [9.17, 15) is 5.11 Å². The molecule has 1 atom stereocenters. The minimum atomic E-state index is -0.636. The zero-order valence-electron chi connectivity index (χ0n) is 21.0. The van der Waals surface area contributed by atoms with Crippen molar-refractivity contribution in [1.82, 2.24) is 14.7 Å². The van der Waals surface area contributed by atoms with Crippen LogP contribution in [0.1, 0.15) is 17.2 Å². The maximum atomic E-state index is 11.0. The molecule has 1 heterocycles. The fraction of sp³-hybridized carbons (Fsp3) is 0.276. The van der Waals surface area contributed by atoms with Gasteiger partial charge in [0.05, 0.1) is 25.4 Å². The number of methoxy groups -OCH3 is 2. The minimum absolute atomic E-state index is 0.440. The first-order chi connectivity index (χ1) is 17.6. The van der Waals surface area contributed by atoms with Crippen molar-refractivity contribution in [2.75, 3.05) is 33.9 Å². The van der Waals surface area contributed by atoms with Crippen LogP contribution in [-0.4, -0.2) is 53.7 Å². The quantitative estimate of drug-likeness (QED) is 0.301. The number of hydrogen-bond acceptors (Lipinski definition) is 6. The van der Waals surface area contributed by atoms with E-state index in [1.54, 1.807) is 18.9 Å². The molecule has 4 aromatic rings. The second kappa shape index (κ2) is 12.4. The molecule has 3 aromatic carbocycles. The molecule has 36 heavy (non-hydrogen) atoms. The molecule has 0 bridgehead atoms. The second-order valence-electron chi connectivity index (χ2n) is 8.56. The molecule has 0 saturated heterocycles. The Hall–Kier alpha value is -3.65. The number of aliphatic hydroxyl groups excluding tert-OH is 1. The summed E-state index contributed by atoms with van der Waals surface area (Å²) >= 11 is 0. The number of aryl methyl sites for hydroxylation is 1. The van der Waals surface area contributed by atoms with Gasteiger partial charge in [-0.3, -0.25) is 4.90 Å². The summed E-state index contributed by atoms with van der Waals surface area (Å²) in [7, 11) is 5.19. The molecule has 0 fully saturated rings. The number of aliphatic hydroxyl groups is 1. The van der Waals surface area contributed by atoms with Crippen molar-refractivity contribution < 1.29 is 19.3 Å². The maximum absolute atomic E-state index is 11.0. The molecule has 0 radical (unpaired) electrons. The molecule has 0 aliphatic rings. The van der Waals surface area contributed by atoms with E-state index in [1.165, 1.54) is 0 Å². The average molecular weight is 488 g/mol. The molecule has 0 spiro atoms. The lowest BCUT2D eigenvalue weighted by molar-refractivity contribution is 0.0846. The Labute approximate surface area is 212 Å². The summed E-state index contributed by atoms with van der Waals surface area (Å²) in [5.74, 6) is 2.01. The topological polar surface area (TPSA) is 69.0 Å². The number of aromatic nitrogens is 2. The Morgan fingerprint density at radius 1 is 0.917 bits per heavy atom. The van der Waals surface area contributed by atoms with E-state index in [4.69, 9.17) is 19.3 Å². The zero-order valence-corrected chi connectivity index (χ0v) is 21.0. The molecule has 0 aliphatic heterocycles. The molecule has 0 aliphatic carbocycles. The number of hydrogen-bond donors (Lipinski definition) is 1.